The van der Waals surface area contributed by atoms with Crippen LogP contribution in [-0.4, -0.2) is 34.5 Å². The number of carbonyl (C=O) groups is 3. The van der Waals surface area contributed by atoms with Gasteiger partial charge < -0.3 is 9.47 Å². The maximum atomic E-state index is 12.9. The summed E-state index contributed by atoms with van der Waals surface area (Å²) in [6.07, 6.45) is 0.408. The van der Waals surface area contributed by atoms with Crippen molar-refractivity contribution in [1.29, 1.82) is 0 Å². The van der Waals surface area contributed by atoms with Crippen LogP contribution in [0.25, 0.3) is 0 Å². The predicted molar refractivity (Wildman–Crippen MR) is 137 cm³/mol. The maximum Gasteiger partial charge on any atom is 0.190 e. The third kappa shape index (κ3) is 7.00. The van der Waals surface area contributed by atoms with E-state index in [1.165, 1.54) is 0 Å². The second kappa shape index (κ2) is 12.1. The van der Waals surface area contributed by atoms with Crippen molar-refractivity contribution >= 4 is 52.3 Å². The van der Waals surface area contributed by atoms with Crippen molar-refractivity contribution in [3.05, 3.63) is 52.5 Å². The standard InChI is InChI=1S/C26H28Cl2O5S/c1-4-34-15(2)11-17-12-22(29)25(23(30)13-17)26(31)16(3)32-19-6-8-20(9-7-19)33-24-10-5-18(27)14-21(24)28/h5-10,14-17,25H,4,11-13H2,1-3H3. The summed E-state index contributed by atoms with van der Waals surface area (Å²) in [7, 11) is 0. The first-order chi connectivity index (χ1) is 16.2. The van der Waals surface area contributed by atoms with E-state index in [-0.39, 0.29) is 30.3 Å². The predicted octanol–water partition coefficient (Wildman–Crippen LogP) is 6.82. The molecule has 0 aromatic heterocycles. The number of ether oxygens (including phenoxy) is 2. The largest absolute Gasteiger partial charge is 0.483 e. The summed E-state index contributed by atoms with van der Waals surface area (Å²) in [5.41, 5.74) is 0. The van der Waals surface area contributed by atoms with Crippen LogP contribution in [0.4, 0.5) is 0 Å². The third-order valence-electron chi connectivity index (χ3n) is 5.68. The topological polar surface area (TPSA) is 69.7 Å². The van der Waals surface area contributed by atoms with E-state index in [1.54, 1.807) is 49.4 Å². The van der Waals surface area contributed by atoms with Crippen LogP contribution < -0.4 is 9.47 Å². The molecule has 34 heavy (non-hydrogen) atoms. The summed E-state index contributed by atoms with van der Waals surface area (Å²) >= 11 is 13.8. The fraction of sp³-hybridized carbons (Fsp3) is 0.423. The van der Waals surface area contributed by atoms with Gasteiger partial charge in [0.2, 0.25) is 0 Å². The van der Waals surface area contributed by atoms with Crippen molar-refractivity contribution in [2.45, 2.75) is 51.4 Å². The van der Waals surface area contributed by atoms with Gasteiger partial charge in [0.1, 0.15) is 23.2 Å². The van der Waals surface area contributed by atoms with Crippen LogP contribution in [-0.2, 0) is 14.4 Å². The van der Waals surface area contributed by atoms with Gasteiger partial charge in [0.05, 0.1) is 5.02 Å². The van der Waals surface area contributed by atoms with Crippen LogP contribution in [0.5, 0.6) is 17.2 Å². The molecule has 0 bridgehead atoms. The summed E-state index contributed by atoms with van der Waals surface area (Å²) in [5, 5.41) is 1.28. The van der Waals surface area contributed by atoms with Crippen molar-refractivity contribution in [2.75, 3.05) is 5.75 Å². The number of hydrogen-bond acceptors (Lipinski definition) is 6. The molecule has 1 aliphatic carbocycles. The Labute approximate surface area is 214 Å². The highest BCUT2D eigenvalue weighted by atomic mass is 35.5. The van der Waals surface area contributed by atoms with Crippen LogP contribution in [0.2, 0.25) is 10.0 Å². The Morgan fingerprint density at radius 2 is 1.65 bits per heavy atom. The Morgan fingerprint density at radius 1 is 1.03 bits per heavy atom. The molecule has 182 valence electrons. The van der Waals surface area contributed by atoms with E-state index in [9.17, 15) is 14.4 Å². The van der Waals surface area contributed by atoms with Gasteiger partial charge in [-0.15, -0.1) is 0 Å². The zero-order chi connectivity index (χ0) is 24.8. The van der Waals surface area contributed by atoms with Gasteiger partial charge in [0.25, 0.3) is 0 Å². The minimum atomic E-state index is -1.23. The van der Waals surface area contributed by atoms with E-state index < -0.39 is 17.8 Å². The Balaban J connectivity index is 1.57. The highest BCUT2D eigenvalue weighted by Gasteiger charge is 2.42. The average molecular weight is 523 g/mol. The molecular formula is C26H28Cl2O5S. The Morgan fingerprint density at radius 3 is 2.24 bits per heavy atom. The van der Waals surface area contributed by atoms with Gasteiger partial charge in [-0.25, -0.2) is 0 Å². The zero-order valence-corrected chi connectivity index (χ0v) is 21.7. The van der Waals surface area contributed by atoms with Crippen molar-refractivity contribution in [3.63, 3.8) is 0 Å². The van der Waals surface area contributed by atoms with Crippen molar-refractivity contribution < 1.29 is 23.9 Å². The number of halogens is 2. The normalized spacial score (nSPS) is 20.0. The molecule has 5 nitrogen and oxygen atoms in total. The first-order valence-electron chi connectivity index (χ1n) is 11.3. The Bertz CT molecular complexity index is 1020. The monoisotopic (exact) mass is 522 g/mol. The second-order valence-electron chi connectivity index (χ2n) is 8.45. The van der Waals surface area contributed by atoms with Gasteiger partial charge in [-0.05, 0) is 67.5 Å². The summed E-state index contributed by atoms with van der Waals surface area (Å²) < 4.78 is 11.5. The summed E-state index contributed by atoms with van der Waals surface area (Å²) in [4.78, 5) is 38.3. The minimum Gasteiger partial charge on any atom is -0.483 e. The molecule has 1 aliphatic rings. The molecule has 2 aromatic carbocycles. The van der Waals surface area contributed by atoms with E-state index in [0.717, 1.165) is 12.2 Å². The molecule has 1 fully saturated rings. The van der Waals surface area contributed by atoms with Gasteiger partial charge in [-0.2, -0.15) is 11.8 Å². The number of carbonyl (C=O) groups excluding carboxylic acids is 3. The molecule has 0 saturated heterocycles. The van der Waals surface area contributed by atoms with E-state index in [4.69, 9.17) is 32.7 Å². The zero-order valence-electron chi connectivity index (χ0n) is 19.4. The lowest BCUT2D eigenvalue weighted by Gasteiger charge is -2.28. The molecule has 0 aliphatic heterocycles. The number of benzene rings is 2. The summed E-state index contributed by atoms with van der Waals surface area (Å²) in [6, 6.07) is 11.6. The molecule has 8 heteroatoms. The quantitative estimate of drug-likeness (QED) is 0.319. The fourth-order valence-corrected chi connectivity index (χ4v) is 5.55. The highest BCUT2D eigenvalue weighted by Crippen LogP contribution is 2.33. The Kier molecular flexibility index (Phi) is 9.46. The molecular weight excluding hydrogens is 495 g/mol. The van der Waals surface area contributed by atoms with Gasteiger partial charge in [0, 0.05) is 23.1 Å². The SMILES string of the molecule is CCSC(C)CC1CC(=O)C(C(=O)C(C)Oc2ccc(Oc3ccc(Cl)cc3Cl)cc2)C(=O)C1. The van der Waals surface area contributed by atoms with Crippen LogP contribution in [0.1, 0.15) is 40.0 Å². The van der Waals surface area contributed by atoms with E-state index >= 15 is 0 Å². The lowest BCUT2D eigenvalue weighted by atomic mass is 9.75. The molecule has 2 atom stereocenters. The van der Waals surface area contributed by atoms with Crippen LogP contribution in [0, 0.1) is 11.8 Å². The van der Waals surface area contributed by atoms with E-state index in [0.29, 0.717) is 32.5 Å². The number of thioether (sulfide) groups is 1. The summed E-state index contributed by atoms with van der Waals surface area (Å²) in [6.45, 7) is 5.76. The molecule has 3 rings (SSSR count). The molecule has 0 N–H and O–H groups in total. The molecule has 2 unspecified atom stereocenters. The first kappa shape index (κ1) is 26.6. The van der Waals surface area contributed by atoms with Crippen molar-refractivity contribution in [3.8, 4) is 17.2 Å². The van der Waals surface area contributed by atoms with Crippen molar-refractivity contribution in [1.82, 2.24) is 0 Å². The molecule has 0 spiro atoms. The van der Waals surface area contributed by atoms with Crippen LogP contribution in [0.3, 0.4) is 0 Å². The Hall–Kier alpha value is -2.02. The van der Waals surface area contributed by atoms with Crippen LogP contribution >= 0.6 is 35.0 Å². The summed E-state index contributed by atoms with van der Waals surface area (Å²) in [5.74, 6) is 0.109. The number of ketones is 3. The van der Waals surface area contributed by atoms with Gasteiger partial charge in [-0.1, -0.05) is 37.0 Å². The lowest BCUT2D eigenvalue weighted by molar-refractivity contribution is -0.146. The molecule has 2 aromatic rings. The maximum absolute atomic E-state index is 12.9. The smallest absolute Gasteiger partial charge is 0.190 e. The van der Waals surface area contributed by atoms with Gasteiger partial charge >= 0.3 is 0 Å². The second-order valence-corrected chi connectivity index (χ2v) is 11.0. The minimum absolute atomic E-state index is 0.0102. The highest BCUT2D eigenvalue weighted by molar-refractivity contribution is 7.99. The number of rotatable bonds is 10. The fourth-order valence-electron chi connectivity index (χ4n) is 4.13. The van der Waals surface area contributed by atoms with Crippen LogP contribution in [0.15, 0.2) is 42.5 Å². The number of hydrogen-bond donors (Lipinski definition) is 0. The average Bonchev–Trinajstić information content (AvgIpc) is 2.76. The molecule has 1 saturated carbocycles. The van der Waals surface area contributed by atoms with Crippen molar-refractivity contribution in [2.24, 2.45) is 11.8 Å². The molecule has 0 amide bonds. The van der Waals surface area contributed by atoms with Gasteiger partial charge in [-0.3, -0.25) is 14.4 Å². The third-order valence-corrected chi connectivity index (χ3v) is 7.31. The lowest BCUT2D eigenvalue weighted by Crippen LogP contribution is -2.44. The molecule has 0 radical (unpaired) electrons. The van der Waals surface area contributed by atoms with Gasteiger partial charge in [0.15, 0.2) is 23.5 Å². The van der Waals surface area contributed by atoms with E-state index in [2.05, 4.69) is 13.8 Å². The first-order valence-corrected chi connectivity index (χ1v) is 13.1. The number of Topliss-reactive ketones (excluding diaryl/α,β-unsaturated/α-hetero) is 3. The van der Waals surface area contributed by atoms with E-state index in [1.807, 2.05) is 11.8 Å². The molecule has 0 heterocycles.